The van der Waals surface area contributed by atoms with E-state index in [0.29, 0.717) is 30.2 Å². The summed E-state index contributed by atoms with van der Waals surface area (Å²) in [7, 11) is 5.26. The Bertz CT molecular complexity index is 1080. The molecule has 2 heterocycles. The Kier molecular flexibility index (Phi) is 6.19. The summed E-state index contributed by atoms with van der Waals surface area (Å²) in [6.45, 7) is 2.99. The first kappa shape index (κ1) is 22.5. The number of benzene rings is 2. The van der Waals surface area contributed by atoms with Gasteiger partial charge in [0, 0.05) is 51.9 Å². The quantitative estimate of drug-likeness (QED) is 0.514. The fraction of sp³-hybridized carbons (Fsp3) is 0.391. The summed E-state index contributed by atoms with van der Waals surface area (Å²) < 4.78 is 5.84. The molecule has 1 fully saturated rings. The lowest BCUT2D eigenvalue weighted by molar-refractivity contribution is -0.384. The van der Waals surface area contributed by atoms with Crippen molar-refractivity contribution in [3.8, 4) is 5.75 Å². The number of nitro benzene ring substituents is 1. The molecule has 0 bridgehead atoms. The number of carbonyl (C=O) groups excluding carboxylic acids is 2. The standard InChI is InChI=1S/C23H27N5O5/c1-24(2)23(30)21-15-27(18-6-4-5-7-20(18)33-21)22(29)16-8-9-17(19(14-16)28(31)32)26-12-10-25(3)11-13-26/h4-9,14,21H,10-13,15H2,1-3H3/t21-/m0/s1. The summed E-state index contributed by atoms with van der Waals surface area (Å²) in [5, 5.41) is 11.9. The van der Waals surface area contributed by atoms with Gasteiger partial charge >= 0.3 is 0 Å². The third-order valence-corrected chi connectivity index (χ3v) is 6.00. The summed E-state index contributed by atoms with van der Waals surface area (Å²) >= 11 is 0. The lowest BCUT2D eigenvalue weighted by Crippen LogP contribution is -2.50. The smallest absolute Gasteiger partial charge is 0.293 e. The van der Waals surface area contributed by atoms with Crippen molar-refractivity contribution in [3.05, 3.63) is 58.1 Å². The first-order valence-corrected chi connectivity index (χ1v) is 10.8. The number of piperazine rings is 1. The molecule has 0 saturated carbocycles. The predicted molar refractivity (Wildman–Crippen MR) is 124 cm³/mol. The molecule has 10 nitrogen and oxygen atoms in total. The van der Waals surface area contributed by atoms with E-state index in [0.717, 1.165) is 13.1 Å². The average Bonchev–Trinajstić information content (AvgIpc) is 2.82. The van der Waals surface area contributed by atoms with Gasteiger partial charge in [-0.3, -0.25) is 19.7 Å². The largest absolute Gasteiger partial charge is 0.476 e. The Morgan fingerprint density at radius 3 is 2.42 bits per heavy atom. The second-order valence-electron chi connectivity index (χ2n) is 8.47. The summed E-state index contributed by atoms with van der Waals surface area (Å²) in [5.74, 6) is -0.269. The van der Waals surface area contributed by atoms with Gasteiger partial charge in [0.25, 0.3) is 17.5 Å². The normalized spacial score (nSPS) is 18.3. The van der Waals surface area contributed by atoms with E-state index in [9.17, 15) is 19.7 Å². The molecular weight excluding hydrogens is 426 g/mol. The number of nitrogens with zero attached hydrogens (tertiary/aromatic N) is 5. The molecule has 2 aliphatic rings. The first-order valence-electron chi connectivity index (χ1n) is 10.8. The number of likely N-dealkylation sites (N-methyl/N-ethyl adjacent to an activating group) is 2. The molecule has 2 amide bonds. The number of hydrogen-bond acceptors (Lipinski definition) is 7. The predicted octanol–water partition coefficient (Wildman–Crippen LogP) is 1.84. The van der Waals surface area contributed by atoms with Crippen LogP contribution in [0.25, 0.3) is 0 Å². The van der Waals surface area contributed by atoms with Crippen LogP contribution in [-0.4, -0.2) is 86.5 Å². The number of hydrogen-bond donors (Lipinski definition) is 0. The van der Waals surface area contributed by atoms with Crippen LogP contribution in [0.15, 0.2) is 42.5 Å². The van der Waals surface area contributed by atoms with E-state index in [1.165, 1.54) is 15.9 Å². The molecule has 0 N–H and O–H groups in total. The van der Waals surface area contributed by atoms with Crippen molar-refractivity contribution in [2.45, 2.75) is 6.10 Å². The molecule has 10 heteroatoms. The summed E-state index contributed by atoms with van der Waals surface area (Å²) in [6.07, 6.45) is -0.863. The molecule has 0 aliphatic carbocycles. The van der Waals surface area contributed by atoms with Crippen LogP contribution >= 0.6 is 0 Å². The maximum absolute atomic E-state index is 13.5. The molecule has 2 aromatic carbocycles. The average molecular weight is 453 g/mol. The van der Waals surface area contributed by atoms with Gasteiger partial charge in [0.15, 0.2) is 6.10 Å². The highest BCUT2D eigenvalue weighted by atomic mass is 16.6. The zero-order valence-electron chi connectivity index (χ0n) is 18.9. The molecule has 0 spiro atoms. The van der Waals surface area contributed by atoms with Crippen molar-refractivity contribution in [3.63, 3.8) is 0 Å². The van der Waals surface area contributed by atoms with E-state index >= 15 is 0 Å². The van der Waals surface area contributed by atoms with Crippen LogP contribution in [0.5, 0.6) is 5.75 Å². The van der Waals surface area contributed by atoms with Gasteiger partial charge < -0.3 is 24.3 Å². The molecule has 4 rings (SSSR count). The molecule has 1 saturated heterocycles. The van der Waals surface area contributed by atoms with Gasteiger partial charge in [-0.1, -0.05) is 12.1 Å². The monoisotopic (exact) mass is 453 g/mol. The molecule has 0 unspecified atom stereocenters. The van der Waals surface area contributed by atoms with Gasteiger partial charge in [-0.2, -0.15) is 0 Å². The van der Waals surface area contributed by atoms with Crippen LogP contribution in [0.3, 0.4) is 0 Å². The van der Waals surface area contributed by atoms with Gasteiger partial charge in [0.05, 0.1) is 17.2 Å². The summed E-state index contributed by atoms with van der Waals surface area (Å²) in [6, 6.07) is 11.6. The Balaban J connectivity index is 1.67. The number of nitro groups is 1. The van der Waals surface area contributed by atoms with Gasteiger partial charge in [0.2, 0.25) is 0 Å². The Morgan fingerprint density at radius 2 is 1.76 bits per heavy atom. The number of ether oxygens (including phenoxy) is 1. The highest BCUT2D eigenvalue weighted by molar-refractivity contribution is 6.08. The van der Waals surface area contributed by atoms with E-state index in [4.69, 9.17) is 4.74 Å². The SMILES string of the molecule is CN1CCN(c2ccc(C(=O)N3C[C@@H](C(=O)N(C)C)Oc4ccccc43)cc2[N+](=O)[O-])CC1. The van der Waals surface area contributed by atoms with Crippen LogP contribution in [0.1, 0.15) is 10.4 Å². The maximum Gasteiger partial charge on any atom is 0.293 e. The number of amides is 2. The second-order valence-corrected chi connectivity index (χ2v) is 8.47. The highest BCUT2D eigenvalue weighted by Crippen LogP contribution is 2.36. The van der Waals surface area contributed by atoms with Crippen LogP contribution in [0.4, 0.5) is 17.1 Å². The molecule has 1 atom stereocenters. The van der Waals surface area contributed by atoms with Crippen molar-refractivity contribution in [2.75, 3.05) is 63.7 Å². The van der Waals surface area contributed by atoms with Crippen molar-refractivity contribution in [2.24, 2.45) is 0 Å². The van der Waals surface area contributed by atoms with Gasteiger partial charge in [0.1, 0.15) is 11.4 Å². The maximum atomic E-state index is 13.5. The van der Waals surface area contributed by atoms with Gasteiger partial charge in [-0.25, -0.2) is 0 Å². The Hall–Kier alpha value is -3.66. The van der Waals surface area contributed by atoms with Crippen molar-refractivity contribution < 1.29 is 19.2 Å². The van der Waals surface area contributed by atoms with Crippen LogP contribution in [-0.2, 0) is 4.79 Å². The minimum atomic E-state index is -0.863. The van der Waals surface area contributed by atoms with E-state index in [2.05, 4.69) is 4.90 Å². The zero-order valence-corrected chi connectivity index (χ0v) is 18.9. The number of fused-ring (bicyclic) bond motifs is 1. The molecule has 2 aromatic rings. The van der Waals surface area contributed by atoms with Gasteiger partial charge in [-0.15, -0.1) is 0 Å². The number of carbonyl (C=O) groups is 2. The Morgan fingerprint density at radius 1 is 1.06 bits per heavy atom. The fourth-order valence-electron chi connectivity index (χ4n) is 4.12. The van der Waals surface area contributed by atoms with E-state index in [1.54, 1.807) is 50.5 Å². The lowest BCUT2D eigenvalue weighted by Gasteiger charge is -2.35. The molecule has 174 valence electrons. The van der Waals surface area contributed by atoms with Crippen molar-refractivity contribution in [1.29, 1.82) is 0 Å². The molecule has 0 radical (unpaired) electrons. The molecule has 2 aliphatic heterocycles. The van der Waals surface area contributed by atoms with Crippen molar-refractivity contribution >= 4 is 28.9 Å². The second kappa shape index (κ2) is 9.07. The summed E-state index contributed by atoms with van der Waals surface area (Å²) in [4.78, 5) is 44.5. The van der Waals surface area contributed by atoms with E-state index < -0.39 is 16.9 Å². The van der Waals surface area contributed by atoms with Crippen LogP contribution < -0.4 is 14.5 Å². The molecule has 33 heavy (non-hydrogen) atoms. The minimum absolute atomic E-state index is 0.0148. The van der Waals surface area contributed by atoms with E-state index in [1.807, 2.05) is 11.9 Å². The first-order chi connectivity index (χ1) is 15.8. The fourth-order valence-corrected chi connectivity index (χ4v) is 4.12. The molecule has 0 aromatic heterocycles. The zero-order chi connectivity index (χ0) is 23.7. The topological polar surface area (TPSA) is 99.5 Å². The number of anilines is 2. The van der Waals surface area contributed by atoms with Gasteiger partial charge in [-0.05, 0) is 31.3 Å². The summed E-state index contributed by atoms with van der Waals surface area (Å²) in [5.41, 5.74) is 1.11. The minimum Gasteiger partial charge on any atom is -0.476 e. The van der Waals surface area contributed by atoms with Crippen LogP contribution in [0.2, 0.25) is 0 Å². The third-order valence-electron chi connectivity index (χ3n) is 6.00. The van der Waals surface area contributed by atoms with Crippen molar-refractivity contribution in [1.82, 2.24) is 9.80 Å². The Labute approximate surface area is 192 Å². The van der Waals surface area contributed by atoms with E-state index in [-0.39, 0.29) is 23.7 Å². The molecular formula is C23H27N5O5. The number of para-hydroxylation sites is 2. The van der Waals surface area contributed by atoms with Crippen LogP contribution in [0, 0.1) is 10.1 Å². The highest BCUT2D eigenvalue weighted by Gasteiger charge is 2.35. The third kappa shape index (κ3) is 4.47. The lowest BCUT2D eigenvalue weighted by atomic mass is 10.1. The number of rotatable bonds is 4.